The highest BCUT2D eigenvalue weighted by molar-refractivity contribution is 7.99. The van der Waals surface area contributed by atoms with Gasteiger partial charge in [-0.05, 0) is 49.8 Å². The Kier molecular flexibility index (Phi) is 4.14. The first-order chi connectivity index (χ1) is 6.92. The van der Waals surface area contributed by atoms with Gasteiger partial charge in [0.05, 0.1) is 0 Å². The number of rotatable bonds is 3. The first-order valence-electron chi connectivity index (χ1n) is 5.93. The first kappa shape index (κ1) is 10.8. The molecule has 2 rings (SSSR count). The Bertz CT molecular complexity index is 163. The second kappa shape index (κ2) is 5.38. The maximum atomic E-state index is 5.93. The monoisotopic (exact) mass is 214 g/mol. The van der Waals surface area contributed by atoms with Crippen molar-refractivity contribution in [3.63, 3.8) is 0 Å². The summed E-state index contributed by atoms with van der Waals surface area (Å²) >= 11 is 2.11. The molecule has 2 aliphatic heterocycles. The Hall–Kier alpha value is 0.270. The summed E-state index contributed by atoms with van der Waals surface area (Å²) in [4.78, 5) is 2.65. The highest BCUT2D eigenvalue weighted by Crippen LogP contribution is 2.29. The van der Waals surface area contributed by atoms with Gasteiger partial charge < -0.3 is 5.73 Å². The normalized spacial score (nSPS) is 31.9. The summed E-state index contributed by atoms with van der Waals surface area (Å²) in [6.45, 7) is 3.46. The molecule has 0 spiro atoms. The molecule has 0 aromatic carbocycles. The van der Waals surface area contributed by atoms with Crippen LogP contribution in [0.4, 0.5) is 0 Å². The van der Waals surface area contributed by atoms with E-state index in [1.54, 1.807) is 0 Å². The summed E-state index contributed by atoms with van der Waals surface area (Å²) < 4.78 is 0. The van der Waals surface area contributed by atoms with E-state index in [9.17, 15) is 0 Å². The van der Waals surface area contributed by atoms with Crippen molar-refractivity contribution in [3.8, 4) is 0 Å². The predicted molar refractivity (Wildman–Crippen MR) is 63.7 cm³/mol. The number of hydrogen-bond acceptors (Lipinski definition) is 3. The molecule has 2 fully saturated rings. The van der Waals surface area contributed by atoms with Crippen LogP contribution in [0.5, 0.6) is 0 Å². The van der Waals surface area contributed by atoms with Gasteiger partial charge in [0.25, 0.3) is 0 Å². The molecule has 2 saturated heterocycles. The van der Waals surface area contributed by atoms with Gasteiger partial charge in [0.2, 0.25) is 0 Å². The Balaban J connectivity index is 1.89. The summed E-state index contributed by atoms with van der Waals surface area (Å²) in [5.74, 6) is 3.58. The van der Waals surface area contributed by atoms with E-state index in [-0.39, 0.29) is 0 Å². The lowest BCUT2D eigenvalue weighted by atomic mass is 9.95. The van der Waals surface area contributed by atoms with E-state index in [0.29, 0.717) is 6.04 Å². The van der Waals surface area contributed by atoms with Crippen molar-refractivity contribution in [2.45, 2.75) is 31.7 Å². The van der Waals surface area contributed by atoms with Crippen LogP contribution in [0.15, 0.2) is 0 Å². The third kappa shape index (κ3) is 2.44. The summed E-state index contributed by atoms with van der Waals surface area (Å²) in [7, 11) is 0. The van der Waals surface area contributed by atoms with Crippen molar-refractivity contribution in [2.24, 2.45) is 11.7 Å². The largest absolute Gasteiger partial charge is 0.329 e. The van der Waals surface area contributed by atoms with Crippen LogP contribution < -0.4 is 5.73 Å². The van der Waals surface area contributed by atoms with Gasteiger partial charge in [0.15, 0.2) is 0 Å². The molecule has 3 heteroatoms. The van der Waals surface area contributed by atoms with Crippen LogP contribution in [0, 0.1) is 5.92 Å². The molecule has 0 radical (unpaired) electrons. The van der Waals surface area contributed by atoms with Crippen LogP contribution in [-0.4, -0.2) is 42.1 Å². The maximum absolute atomic E-state index is 5.93. The fourth-order valence-electron chi connectivity index (χ4n) is 2.75. The van der Waals surface area contributed by atoms with Gasteiger partial charge in [-0.2, -0.15) is 11.8 Å². The molecule has 2 N–H and O–H groups in total. The zero-order chi connectivity index (χ0) is 9.80. The Morgan fingerprint density at radius 1 is 1.29 bits per heavy atom. The van der Waals surface area contributed by atoms with Gasteiger partial charge in [-0.15, -0.1) is 0 Å². The lowest BCUT2D eigenvalue weighted by Crippen LogP contribution is -2.47. The van der Waals surface area contributed by atoms with Gasteiger partial charge in [-0.1, -0.05) is 6.42 Å². The average molecular weight is 214 g/mol. The molecule has 0 amide bonds. The topological polar surface area (TPSA) is 29.3 Å². The fraction of sp³-hybridized carbons (Fsp3) is 1.00. The third-order valence-electron chi connectivity index (χ3n) is 3.61. The number of nitrogens with zero attached hydrogens (tertiary/aromatic N) is 1. The van der Waals surface area contributed by atoms with Crippen LogP contribution in [0.2, 0.25) is 0 Å². The number of hydrogen-bond donors (Lipinski definition) is 1. The molecule has 2 atom stereocenters. The van der Waals surface area contributed by atoms with Crippen molar-refractivity contribution in [1.29, 1.82) is 0 Å². The second-order valence-corrected chi connectivity index (χ2v) is 5.67. The van der Waals surface area contributed by atoms with Crippen LogP contribution >= 0.6 is 11.8 Å². The van der Waals surface area contributed by atoms with Crippen LogP contribution in [0.1, 0.15) is 25.7 Å². The average Bonchev–Trinajstić information content (AvgIpc) is 2.74. The van der Waals surface area contributed by atoms with Crippen LogP contribution in [-0.2, 0) is 0 Å². The number of likely N-dealkylation sites (tertiary alicyclic amines) is 1. The lowest BCUT2D eigenvalue weighted by Gasteiger charge is -2.37. The minimum Gasteiger partial charge on any atom is -0.329 e. The van der Waals surface area contributed by atoms with E-state index in [2.05, 4.69) is 16.7 Å². The molecule has 0 bridgehead atoms. The van der Waals surface area contributed by atoms with E-state index in [1.807, 2.05) is 0 Å². The predicted octanol–water partition coefficient (Wildman–Crippen LogP) is 1.55. The maximum Gasteiger partial charge on any atom is 0.0254 e. The molecule has 0 saturated carbocycles. The summed E-state index contributed by atoms with van der Waals surface area (Å²) in [5, 5.41) is 0. The second-order valence-electron chi connectivity index (χ2n) is 4.52. The molecule has 0 aromatic rings. The molecular weight excluding hydrogens is 192 g/mol. The van der Waals surface area contributed by atoms with E-state index < -0.39 is 0 Å². The van der Waals surface area contributed by atoms with E-state index in [4.69, 9.17) is 5.73 Å². The lowest BCUT2D eigenvalue weighted by molar-refractivity contribution is 0.129. The Morgan fingerprint density at radius 3 is 2.64 bits per heavy atom. The van der Waals surface area contributed by atoms with Gasteiger partial charge in [-0.3, -0.25) is 4.90 Å². The SMILES string of the molecule is NCC(C1CCSC1)N1CCCCC1. The zero-order valence-electron chi connectivity index (χ0n) is 8.95. The number of piperidine rings is 1. The van der Waals surface area contributed by atoms with E-state index >= 15 is 0 Å². The zero-order valence-corrected chi connectivity index (χ0v) is 9.77. The molecule has 14 heavy (non-hydrogen) atoms. The molecule has 2 aliphatic rings. The van der Waals surface area contributed by atoms with Crippen molar-refractivity contribution in [2.75, 3.05) is 31.1 Å². The molecule has 2 heterocycles. The summed E-state index contributed by atoms with van der Waals surface area (Å²) in [6, 6.07) is 0.685. The van der Waals surface area contributed by atoms with Crippen molar-refractivity contribution in [3.05, 3.63) is 0 Å². The van der Waals surface area contributed by atoms with Crippen LogP contribution in [0.3, 0.4) is 0 Å². The van der Waals surface area contributed by atoms with E-state index in [0.717, 1.165) is 12.5 Å². The van der Waals surface area contributed by atoms with Crippen molar-refractivity contribution >= 4 is 11.8 Å². The number of thioether (sulfide) groups is 1. The quantitative estimate of drug-likeness (QED) is 0.773. The fourth-order valence-corrected chi connectivity index (χ4v) is 4.07. The molecule has 0 aliphatic carbocycles. The van der Waals surface area contributed by atoms with Gasteiger partial charge in [0, 0.05) is 12.6 Å². The number of nitrogens with two attached hydrogens (primary N) is 1. The molecular formula is C11H22N2S. The van der Waals surface area contributed by atoms with Gasteiger partial charge in [-0.25, -0.2) is 0 Å². The van der Waals surface area contributed by atoms with Gasteiger partial charge in [0.1, 0.15) is 0 Å². The van der Waals surface area contributed by atoms with Crippen molar-refractivity contribution in [1.82, 2.24) is 4.90 Å². The molecule has 2 nitrogen and oxygen atoms in total. The first-order valence-corrected chi connectivity index (χ1v) is 7.09. The minimum atomic E-state index is 0.685. The molecule has 0 aromatic heterocycles. The van der Waals surface area contributed by atoms with Crippen LogP contribution in [0.25, 0.3) is 0 Å². The van der Waals surface area contributed by atoms with Crippen molar-refractivity contribution < 1.29 is 0 Å². The molecule has 82 valence electrons. The Labute approximate surface area is 91.6 Å². The third-order valence-corrected chi connectivity index (χ3v) is 4.80. The summed E-state index contributed by atoms with van der Waals surface area (Å²) in [6.07, 6.45) is 5.59. The van der Waals surface area contributed by atoms with E-state index in [1.165, 1.54) is 50.3 Å². The minimum absolute atomic E-state index is 0.685. The smallest absolute Gasteiger partial charge is 0.0254 e. The highest BCUT2D eigenvalue weighted by atomic mass is 32.2. The highest BCUT2D eigenvalue weighted by Gasteiger charge is 2.29. The molecule has 2 unspecified atom stereocenters. The standard InChI is InChI=1S/C11H22N2S/c12-8-11(10-4-7-14-9-10)13-5-2-1-3-6-13/h10-11H,1-9,12H2. The van der Waals surface area contributed by atoms with Gasteiger partial charge >= 0.3 is 0 Å². The summed E-state index contributed by atoms with van der Waals surface area (Å²) in [5.41, 5.74) is 5.93. The Morgan fingerprint density at radius 2 is 2.07 bits per heavy atom.